The molecule has 9 nitrogen and oxygen atoms in total. The summed E-state index contributed by atoms with van der Waals surface area (Å²) in [7, 11) is 3.46. The number of methoxy groups -OCH3 is 1. The van der Waals surface area contributed by atoms with Gasteiger partial charge < -0.3 is 19.7 Å². The number of ether oxygens (including phenoxy) is 2. The van der Waals surface area contributed by atoms with Crippen molar-refractivity contribution in [3.05, 3.63) is 83.9 Å². The number of hydrogen-bond acceptors (Lipinski definition) is 7. The summed E-state index contributed by atoms with van der Waals surface area (Å²) < 4.78 is 12.1. The predicted octanol–water partition coefficient (Wildman–Crippen LogP) is 3.78. The third-order valence-electron chi connectivity index (χ3n) is 7.16. The van der Waals surface area contributed by atoms with Crippen molar-refractivity contribution >= 4 is 17.5 Å². The molecule has 0 bridgehead atoms. The lowest BCUT2D eigenvalue weighted by molar-refractivity contribution is 0.0109. The third-order valence-corrected chi connectivity index (χ3v) is 7.16. The van der Waals surface area contributed by atoms with E-state index in [9.17, 15) is 9.59 Å². The van der Waals surface area contributed by atoms with Crippen molar-refractivity contribution in [3.63, 3.8) is 0 Å². The van der Waals surface area contributed by atoms with E-state index in [1.807, 2.05) is 6.07 Å². The van der Waals surface area contributed by atoms with Crippen molar-refractivity contribution in [2.45, 2.75) is 32.4 Å². The van der Waals surface area contributed by atoms with E-state index in [2.05, 4.69) is 58.3 Å². The Kier molecular flexibility index (Phi) is 9.62. The Labute approximate surface area is 230 Å². The van der Waals surface area contributed by atoms with E-state index in [1.165, 1.54) is 24.2 Å². The first-order valence-corrected chi connectivity index (χ1v) is 13.3. The first kappa shape index (κ1) is 28.2. The van der Waals surface area contributed by atoms with E-state index in [0.717, 1.165) is 19.5 Å². The van der Waals surface area contributed by atoms with Crippen LogP contribution in [-0.4, -0.2) is 84.1 Å². The van der Waals surface area contributed by atoms with Gasteiger partial charge in [-0.05, 0) is 43.0 Å². The summed E-state index contributed by atoms with van der Waals surface area (Å²) in [5, 5.41) is 2.80. The second-order valence-corrected chi connectivity index (χ2v) is 10.1. The molecule has 2 heterocycles. The number of nitrogens with zero attached hydrogens (tertiary/aromatic N) is 4. The number of carbonyl (C=O) groups excluding carboxylic acids is 2. The Morgan fingerprint density at radius 3 is 2.64 bits per heavy atom. The number of carbonyl (C=O) groups is 2. The van der Waals surface area contributed by atoms with Gasteiger partial charge in [0.1, 0.15) is 18.1 Å². The van der Waals surface area contributed by atoms with Gasteiger partial charge in [-0.25, -0.2) is 4.98 Å². The van der Waals surface area contributed by atoms with Gasteiger partial charge in [-0.15, -0.1) is 0 Å². The van der Waals surface area contributed by atoms with E-state index < -0.39 is 5.91 Å². The monoisotopic (exact) mass is 531 g/mol. The van der Waals surface area contributed by atoms with E-state index in [4.69, 9.17) is 9.47 Å². The van der Waals surface area contributed by atoms with Gasteiger partial charge in [0.05, 0.1) is 17.9 Å². The topological polar surface area (TPSA) is 96.9 Å². The molecule has 3 atom stereocenters. The van der Waals surface area contributed by atoms with Gasteiger partial charge in [-0.3, -0.25) is 19.5 Å². The molecule has 39 heavy (non-hydrogen) atoms. The zero-order chi connectivity index (χ0) is 27.8. The molecular formula is C30H37N5O4. The maximum absolute atomic E-state index is 13.6. The maximum Gasteiger partial charge on any atom is 0.275 e. The zero-order valence-corrected chi connectivity index (χ0v) is 23.0. The summed E-state index contributed by atoms with van der Waals surface area (Å²) in [5.41, 5.74) is 2.32. The summed E-state index contributed by atoms with van der Waals surface area (Å²) in [6, 6.07) is 15.7. The Bertz CT molecular complexity index is 1240. The smallest absolute Gasteiger partial charge is 0.275 e. The molecule has 1 N–H and O–H groups in total. The van der Waals surface area contributed by atoms with Crippen molar-refractivity contribution < 1.29 is 19.1 Å². The number of hydrogen-bond donors (Lipinski definition) is 1. The minimum absolute atomic E-state index is 0.102. The fraction of sp³-hybridized carbons (Fsp3) is 0.400. The molecule has 0 saturated carbocycles. The lowest BCUT2D eigenvalue weighted by Crippen LogP contribution is -2.47. The highest BCUT2D eigenvalue weighted by atomic mass is 16.5. The lowest BCUT2D eigenvalue weighted by Gasteiger charge is -2.36. The van der Waals surface area contributed by atoms with E-state index in [0.29, 0.717) is 30.2 Å². The number of benzene rings is 2. The molecule has 0 fully saturated rings. The molecule has 0 aliphatic carbocycles. The highest BCUT2D eigenvalue weighted by molar-refractivity contribution is 6.04. The van der Waals surface area contributed by atoms with Crippen LogP contribution in [0.2, 0.25) is 0 Å². The molecule has 2 aromatic carbocycles. The van der Waals surface area contributed by atoms with E-state index in [-0.39, 0.29) is 29.7 Å². The number of likely N-dealkylation sites (N-methyl/N-ethyl adjacent to an activating group) is 1. The highest BCUT2D eigenvalue weighted by Crippen LogP contribution is 2.27. The molecule has 1 aromatic heterocycles. The van der Waals surface area contributed by atoms with E-state index >= 15 is 0 Å². The molecule has 0 radical (unpaired) electrons. The molecule has 1 aliphatic rings. The molecule has 4 rings (SSSR count). The van der Waals surface area contributed by atoms with Crippen LogP contribution in [0, 0.1) is 5.92 Å². The molecule has 0 spiro atoms. The molecule has 206 valence electrons. The fourth-order valence-electron chi connectivity index (χ4n) is 4.77. The van der Waals surface area contributed by atoms with Crippen LogP contribution >= 0.6 is 0 Å². The van der Waals surface area contributed by atoms with Gasteiger partial charge in [0.25, 0.3) is 11.8 Å². The van der Waals surface area contributed by atoms with Gasteiger partial charge in [0.15, 0.2) is 0 Å². The Balaban J connectivity index is 1.58. The normalized spacial score (nSPS) is 20.8. The van der Waals surface area contributed by atoms with Crippen molar-refractivity contribution in [1.82, 2.24) is 19.8 Å². The Morgan fingerprint density at radius 1 is 1.13 bits per heavy atom. The minimum atomic E-state index is -0.408. The SMILES string of the molecule is CO[C@@H]1CN(C)C(=O)c2cc(NC(=O)c3cnccn3)ccc2OC[C@@H](C)N(CCc2ccccc2)C[C@H]1C. The van der Waals surface area contributed by atoms with E-state index in [1.54, 1.807) is 37.3 Å². The molecule has 9 heteroatoms. The van der Waals surface area contributed by atoms with Crippen molar-refractivity contribution in [1.29, 1.82) is 0 Å². The maximum atomic E-state index is 13.6. The second kappa shape index (κ2) is 13.3. The summed E-state index contributed by atoms with van der Waals surface area (Å²) >= 11 is 0. The number of fused-ring (bicyclic) bond motifs is 1. The number of aromatic nitrogens is 2. The van der Waals surface area contributed by atoms with Crippen molar-refractivity contribution in [3.8, 4) is 5.75 Å². The van der Waals surface area contributed by atoms with Crippen LogP contribution in [0.25, 0.3) is 0 Å². The van der Waals surface area contributed by atoms with Crippen LogP contribution in [0.5, 0.6) is 5.75 Å². The minimum Gasteiger partial charge on any atom is -0.491 e. The number of rotatable bonds is 6. The van der Waals surface area contributed by atoms with Crippen LogP contribution in [-0.2, 0) is 11.2 Å². The van der Waals surface area contributed by atoms with Crippen molar-refractivity contribution in [2.24, 2.45) is 5.92 Å². The van der Waals surface area contributed by atoms with Gasteiger partial charge in [0.2, 0.25) is 0 Å². The van der Waals surface area contributed by atoms with Crippen LogP contribution in [0.3, 0.4) is 0 Å². The molecule has 2 amide bonds. The van der Waals surface area contributed by atoms with Crippen LogP contribution in [0.15, 0.2) is 67.1 Å². The highest BCUT2D eigenvalue weighted by Gasteiger charge is 2.28. The zero-order valence-electron chi connectivity index (χ0n) is 23.0. The molecular weight excluding hydrogens is 494 g/mol. The van der Waals surface area contributed by atoms with Gasteiger partial charge in [-0.1, -0.05) is 37.3 Å². The lowest BCUT2D eigenvalue weighted by atomic mass is 10.0. The molecule has 0 saturated heterocycles. The average Bonchev–Trinajstić information content (AvgIpc) is 2.96. The van der Waals surface area contributed by atoms with Crippen LogP contribution in [0.1, 0.15) is 40.3 Å². The summed E-state index contributed by atoms with van der Waals surface area (Å²) in [4.78, 5) is 38.3. The Morgan fingerprint density at radius 2 is 1.92 bits per heavy atom. The largest absolute Gasteiger partial charge is 0.491 e. The van der Waals surface area contributed by atoms with Crippen LogP contribution in [0.4, 0.5) is 5.69 Å². The number of amides is 2. The predicted molar refractivity (Wildman–Crippen MR) is 150 cm³/mol. The first-order valence-electron chi connectivity index (χ1n) is 13.3. The first-order chi connectivity index (χ1) is 18.9. The van der Waals surface area contributed by atoms with Gasteiger partial charge >= 0.3 is 0 Å². The Hall–Kier alpha value is -3.82. The quantitative estimate of drug-likeness (QED) is 0.517. The van der Waals surface area contributed by atoms with Gasteiger partial charge in [-0.2, -0.15) is 0 Å². The summed E-state index contributed by atoms with van der Waals surface area (Å²) in [6.07, 6.45) is 5.13. The summed E-state index contributed by atoms with van der Waals surface area (Å²) in [6.45, 7) is 6.84. The molecule has 0 unspecified atom stereocenters. The second-order valence-electron chi connectivity index (χ2n) is 10.1. The fourth-order valence-corrected chi connectivity index (χ4v) is 4.77. The average molecular weight is 532 g/mol. The molecule has 1 aliphatic heterocycles. The van der Waals surface area contributed by atoms with Crippen molar-refractivity contribution in [2.75, 3.05) is 45.7 Å². The van der Waals surface area contributed by atoms with Gasteiger partial charge in [0, 0.05) is 57.9 Å². The summed E-state index contributed by atoms with van der Waals surface area (Å²) in [5.74, 6) is 0.0414. The molecule has 3 aromatic rings. The van der Waals surface area contributed by atoms with Crippen LogP contribution < -0.4 is 10.1 Å². The third kappa shape index (κ3) is 7.40. The number of nitrogens with one attached hydrogen (secondary N) is 1. The standard InChI is InChI=1S/C30H37N5O4/c1-21-18-35(15-12-23-8-6-5-7-9-23)22(2)20-39-27-11-10-24(33-29(36)26-17-31-13-14-32-26)16-25(27)30(37)34(3)19-28(21)38-4/h5-11,13-14,16-17,21-22,28H,12,15,18-20H2,1-4H3,(H,33,36)/t21-,22-,28-/m1/s1. The number of anilines is 1.